The number of fused-ring (bicyclic) bond motifs is 1. The Bertz CT molecular complexity index is 2170. The monoisotopic (exact) mass is 655 g/mol. The summed E-state index contributed by atoms with van der Waals surface area (Å²) < 4.78 is 19.0. The van der Waals surface area contributed by atoms with Crippen molar-refractivity contribution in [3.63, 3.8) is 0 Å². The number of carbonyl (C=O) groups excluding carboxylic acids is 1. The molecular formula is C34H26ClN3O7S. The third kappa shape index (κ3) is 5.90. The van der Waals surface area contributed by atoms with Gasteiger partial charge in [-0.3, -0.25) is 19.5 Å². The lowest BCUT2D eigenvalue weighted by Gasteiger charge is -2.26. The van der Waals surface area contributed by atoms with Gasteiger partial charge in [-0.1, -0.05) is 65.4 Å². The fraction of sp³-hybridized carbons (Fsp3) is 0.147. The van der Waals surface area contributed by atoms with Gasteiger partial charge in [0, 0.05) is 29.3 Å². The van der Waals surface area contributed by atoms with Gasteiger partial charge in [0.25, 0.3) is 11.2 Å². The van der Waals surface area contributed by atoms with E-state index in [-0.39, 0.29) is 28.4 Å². The van der Waals surface area contributed by atoms with Crippen LogP contribution >= 0.6 is 22.9 Å². The summed E-state index contributed by atoms with van der Waals surface area (Å²) in [6.45, 7) is 4.25. The van der Waals surface area contributed by atoms with Gasteiger partial charge in [0.1, 0.15) is 17.3 Å². The number of rotatable bonds is 9. The third-order valence-electron chi connectivity index (χ3n) is 7.21. The second kappa shape index (κ2) is 13.0. The van der Waals surface area contributed by atoms with E-state index >= 15 is 0 Å². The molecule has 0 bridgehead atoms. The average molecular weight is 656 g/mol. The number of hydrogen-bond donors (Lipinski definition) is 0. The molecule has 3 heterocycles. The lowest BCUT2D eigenvalue weighted by atomic mass is 9.93. The van der Waals surface area contributed by atoms with Crippen molar-refractivity contribution in [1.82, 2.24) is 4.57 Å². The van der Waals surface area contributed by atoms with Crippen LogP contribution in [0.1, 0.15) is 36.8 Å². The number of nitro benzene ring substituents is 1. The van der Waals surface area contributed by atoms with Crippen LogP contribution < -0.4 is 19.6 Å². The summed E-state index contributed by atoms with van der Waals surface area (Å²) in [7, 11) is 0. The highest BCUT2D eigenvalue weighted by Gasteiger charge is 2.35. The van der Waals surface area contributed by atoms with Gasteiger partial charge in [0.05, 0.1) is 45.0 Å². The van der Waals surface area contributed by atoms with Gasteiger partial charge in [-0.25, -0.2) is 9.79 Å². The topological polar surface area (TPSA) is 126 Å². The van der Waals surface area contributed by atoms with Crippen LogP contribution in [0.25, 0.3) is 23.1 Å². The van der Waals surface area contributed by atoms with Crippen molar-refractivity contribution in [2.75, 3.05) is 13.2 Å². The largest absolute Gasteiger partial charge is 0.494 e. The fourth-order valence-electron chi connectivity index (χ4n) is 5.19. The van der Waals surface area contributed by atoms with E-state index in [0.29, 0.717) is 55.6 Å². The fourth-order valence-corrected chi connectivity index (χ4v) is 6.44. The van der Waals surface area contributed by atoms with Gasteiger partial charge >= 0.3 is 5.97 Å². The van der Waals surface area contributed by atoms with Crippen LogP contribution in [0.4, 0.5) is 5.69 Å². The molecule has 6 rings (SSSR count). The second-order valence-electron chi connectivity index (χ2n) is 10.1. The molecule has 0 radical (unpaired) electrons. The molecule has 232 valence electrons. The van der Waals surface area contributed by atoms with E-state index in [4.69, 9.17) is 30.5 Å². The molecule has 12 heteroatoms. The number of ether oxygens (including phenoxy) is 2. The molecule has 0 spiro atoms. The summed E-state index contributed by atoms with van der Waals surface area (Å²) in [5.41, 5.74) is 1.99. The molecule has 0 unspecified atom stereocenters. The molecule has 0 saturated heterocycles. The van der Waals surface area contributed by atoms with Gasteiger partial charge in [-0.2, -0.15) is 0 Å². The minimum atomic E-state index is -0.839. The number of nitrogens with zero attached hydrogens (tertiary/aromatic N) is 3. The summed E-state index contributed by atoms with van der Waals surface area (Å²) in [6.07, 6.45) is 1.60. The molecule has 46 heavy (non-hydrogen) atoms. The first-order valence-electron chi connectivity index (χ1n) is 14.3. The molecule has 3 aromatic carbocycles. The van der Waals surface area contributed by atoms with Crippen molar-refractivity contribution in [2.24, 2.45) is 4.99 Å². The van der Waals surface area contributed by atoms with Crippen molar-refractivity contribution < 1.29 is 23.6 Å². The Morgan fingerprint density at radius 1 is 1.07 bits per heavy atom. The SMILES string of the molecule is CCOC(=O)C1=C(c2ccccc2)N=c2s/c(=C\c3ccc(-c4ccc([N+](=O)[O-])cc4Cl)o3)c(=O)n2[C@@H]1c1ccc(OCC)cc1. The normalized spacial score (nSPS) is 14.5. The number of thiazole rings is 1. The first kappa shape index (κ1) is 30.8. The van der Waals surface area contributed by atoms with E-state index in [2.05, 4.69) is 0 Å². The highest BCUT2D eigenvalue weighted by molar-refractivity contribution is 7.07. The number of esters is 1. The van der Waals surface area contributed by atoms with E-state index in [1.807, 2.05) is 49.4 Å². The van der Waals surface area contributed by atoms with Gasteiger partial charge in [0.2, 0.25) is 0 Å². The van der Waals surface area contributed by atoms with Crippen LogP contribution in [0.15, 0.2) is 105 Å². The molecule has 0 aliphatic carbocycles. The van der Waals surface area contributed by atoms with Crippen molar-refractivity contribution in [2.45, 2.75) is 19.9 Å². The van der Waals surface area contributed by atoms with E-state index in [9.17, 15) is 19.7 Å². The molecule has 1 aliphatic rings. The number of nitro groups is 1. The molecule has 5 aromatic rings. The van der Waals surface area contributed by atoms with Crippen LogP contribution in [0.5, 0.6) is 5.75 Å². The van der Waals surface area contributed by atoms with E-state index in [0.717, 1.165) is 11.3 Å². The zero-order chi connectivity index (χ0) is 32.4. The quantitative estimate of drug-likeness (QED) is 0.106. The zero-order valence-electron chi connectivity index (χ0n) is 24.6. The number of non-ortho nitro benzene ring substituents is 1. The predicted octanol–water partition coefficient (Wildman–Crippen LogP) is 6.16. The summed E-state index contributed by atoms with van der Waals surface area (Å²) in [6, 6.07) is 23.2. The summed E-state index contributed by atoms with van der Waals surface area (Å²) in [5.74, 6) is 0.821. The predicted molar refractivity (Wildman–Crippen MR) is 174 cm³/mol. The van der Waals surface area contributed by atoms with Gasteiger partial charge in [0.15, 0.2) is 4.80 Å². The standard InChI is InChI=1S/C34H26ClN3O7S/c1-3-43-23-13-10-21(11-14-23)31-29(33(40)44-4-2)30(20-8-6-5-7-9-20)36-34-37(31)32(39)28(46-34)19-24-15-17-27(45-24)25-16-12-22(38(41)42)18-26(25)35/h5-19,31H,3-4H2,1-2H3/b28-19-/t31-/m1/s1. The molecule has 0 amide bonds. The Morgan fingerprint density at radius 3 is 2.50 bits per heavy atom. The number of carbonyl (C=O) groups is 1. The Kier molecular flexibility index (Phi) is 8.69. The first-order valence-corrected chi connectivity index (χ1v) is 15.5. The number of aromatic nitrogens is 1. The smallest absolute Gasteiger partial charge is 0.338 e. The highest BCUT2D eigenvalue weighted by Crippen LogP contribution is 2.36. The third-order valence-corrected chi connectivity index (χ3v) is 8.51. The molecule has 0 saturated carbocycles. The maximum atomic E-state index is 14.1. The summed E-state index contributed by atoms with van der Waals surface area (Å²) >= 11 is 7.47. The average Bonchev–Trinajstić information content (AvgIpc) is 3.65. The molecule has 1 aliphatic heterocycles. The summed E-state index contributed by atoms with van der Waals surface area (Å²) in [4.78, 5) is 43.6. The Morgan fingerprint density at radius 2 is 1.83 bits per heavy atom. The molecule has 1 atom stereocenters. The Hall–Kier alpha value is -5.26. The second-order valence-corrected chi connectivity index (χ2v) is 11.5. The van der Waals surface area contributed by atoms with Crippen molar-refractivity contribution in [3.8, 4) is 17.1 Å². The molecule has 2 aromatic heterocycles. The van der Waals surface area contributed by atoms with Crippen molar-refractivity contribution in [1.29, 1.82) is 0 Å². The van der Waals surface area contributed by atoms with Gasteiger partial charge in [-0.15, -0.1) is 0 Å². The van der Waals surface area contributed by atoms with E-state index in [1.54, 1.807) is 37.3 Å². The maximum absolute atomic E-state index is 14.1. The van der Waals surface area contributed by atoms with Crippen LogP contribution in [-0.2, 0) is 9.53 Å². The molecule has 0 fully saturated rings. The highest BCUT2D eigenvalue weighted by atomic mass is 35.5. The number of hydrogen-bond acceptors (Lipinski definition) is 9. The van der Waals surface area contributed by atoms with Gasteiger partial charge < -0.3 is 13.9 Å². The first-order chi connectivity index (χ1) is 22.3. The van der Waals surface area contributed by atoms with Crippen molar-refractivity contribution in [3.05, 3.63) is 142 Å². The van der Waals surface area contributed by atoms with Crippen molar-refractivity contribution >= 4 is 46.4 Å². The molecule has 10 nitrogen and oxygen atoms in total. The van der Waals surface area contributed by atoms with Crippen LogP contribution in [0.3, 0.4) is 0 Å². The minimum Gasteiger partial charge on any atom is -0.494 e. The number of benzene rings is 3. The van der Waals surface area contributed by atoms with E-state index in [1.165, 1.54) is 22.8 Å². The minimum absolute atomic E-state index is 0.138. The molecular weight excluding hydrogens is 630 g/mol. The van der Waals surface area contributed by atoms with Gasteiger partial charge in [-0.05, 0) is 49.7 Å². The lowest BCUT2D eigenvalue weighted by Crippen LogP contribution is -2.40. The lowest BCUT2D eigenvalue weighted by molar-refractivity contribution is -0.384. The number of furan rings is 1. The maximum Gasteiger partial charge on any atom is 0.338 e. The number of halogens is 1. The van der Waals surface area contributed by atoms with Crippen LogP contribution in [0, 0.1) is 10.1 Å². The van der Waals surface area contributed by atoms with Crippen LogP contribution in [-0.4, -0.2) is 28.7 Å². The zero-order valence-corrected chi connectivity index (χ0v) is 26.2. The Balaban J connectivity index is 1.52. The Labute approximate surface area is 271 Å². The molecule has 0 N–H and O–H groups in total. The van der Waals surface area contributed by atoms with Crippen LogP contribution in [0.2, 0.25) is 5.02 Å². The van der Waals surface area contributed by atoms with E-state index < -0.39 is 16.9 Å². The summed E-state index contributed by atoms with van der Waals surface area (Å²) in [5, 5.41) is 11.3.